The zero-order chi connectivity index (χ0) is 10.7. The molecule has 0 aliphatic rings. The molecule has 0 aliphatic heterocycles. The molecular weight excluding hydrogens is 188 g/mol. The van der Waals surface area contributed by atoms with Gasteiger partial charge in [-0.2, -0.15) is 0 Å². The molecular formula is C12H12N2O. The van der Waals surface area contributed by atoms with E-state index in [1.165, 1.54) is 0 Å². The van der Waals surface area contributed by atoms with Crippen LogP contribution >= 0.6 is 0 Å². The highest BCUT2D eigenvalue weighted by Gasteiger charge is 1.99. The number of rotatable bonds is 2. The highest BCUT2D eigenvalue weighted by atomic mass is 16.1. The van der Waals surface area contributed by atoms with Crippen LogP contribution in [0.2, 0.25) is 0 Å². The van der Waals surface area contributed by atoms with Crippen molar-refractivity contribution in [3.63, 3.8) is 0 Å². The lowest BCUT2D eigenvalue weighted by atomic mass is 10.1. The molecule has 2 aromatic heterocycles. The normalized spacial score (nSPS) is 10.2. The molecule has 0 unspecified atom stereocenters. The van der Waals surface area contributed by atoms with E-state index in [1.54, 1.807) is 19.3 Å². The Balaban J connectivity index is 2.26. The summed E-state index contributed by atoms with van der Waals surface area (Å²) in [5.41, 5.74) is 2.79. The lowest BCUT2D eigenvalue weighted by Gasteiger charge is -2.01. The maximum atomic E-state index is 11.2. The summed E-state index contributed by atoms with van der Waals surface area (Å²) >= 11 is 0. The summed E-state index contributed by atoms with van der Waals surface area (Å²) < 4.78 is 0. The largest absolute Gasteiger partial charge is 0.329 e. The van der Waals surface area contributed by atoms with E-state index in [4.69, 9.17) is 0 Å². The summed E-state index contributed by atoms with van der Waals surface area (Å²) in [4.78, 5) is 18.1. The van der Waals surface area contributed by atoms with Gasteiger partial charge < -0.3 is 4.98 Å². The van der Waals surface area contributed by atoms with E-state index >= 15 is 0 Å². The fourth-order valence-corrected chi connectivity index (χ4v) is 1.47. The van der Waals surface area contributed by atoms with Crippen LogP contribution in [0.3, 0.4) is 0 Å². The summed E-state index contributed by atoms with van der Waals surface area (Å²) in [6.07, 6.45) is 4.26. The smallest absolute Gasteiger partial charge is 0.250 e. The molecule has 0 bridgehead atoms. The number of hydrogen-bond acceptors (Lipinski definition) is 2. The van der Waals surface area contributed by atoms with Crippen LogP contribution in [-0.2, 0) is 6.42 Å². The average molecular weight is 200 g/mol. The number of aromatic amines is 1. The number of nitrogens with zero attached hydrogens (tertiary/aromatic N) is 1. The van der Waals surface area contributed by atoms with Gasteiger partial charge >= 0.3 is 0 Å². The van der Waals surface area contributed by atoms with E-state index in [0.29, 0.717) is 0 Å². The third-order valence-corrected chi connectivity index (χ3v) is 2.26. The monoisotopic (exact) mass is 200 g/mol. The minimum absolute atomic E-state index is 0.0280. The van der Waals surface area contributed by atoms with Crippen LogP contribution < -0.4 is 5.56 Å². The number of aryl methyl sites for hydroxylation is 1. The predicted molar refractivity (Wildman–Crippen MR) is 58.8 cm³/mol. The highest BCUT2D eigenvalue weighted by molar-refractivity contribution is 5.22. The Morgan fingerprint density at radius 1 is 1.40 bits per heavy atom. The van der Waals surface area contributed by atoms with Gasteiger partial charge in [0.15, 0.2) is 0 Å². The Morgan fingerprint density at radius 3 is 2.93 bits per heavy atom. The Kier molecular flexibility index (Phi) is 2.63. The number of nitrogens with one attached hydrogen (secondary N) is 1. The standard InChI is InChI=1S/C12H12N2O/c1-9-6-10(8-14-12(9)15)7-11-4-2-3-5-13-11/h2-6,8H,7H2,1H3,(H,14,15). The van der Waals surface area contributed by atoms with Crippen molar-refractivity contribution in [3.8, 4) is 0 Å². The van der Waals surface area contributed by atoms with Gasteiger partial charge in [0.25, 0.3) is 5.56 Å². The van der Waals surface area contributed by atoms with Crippen molar-refractivity contribution in [2.24, 2.45) is 0 Å². The molecule has 0 saturated carbocycles. The van der Waals surface area contributed by atoms with Crippen LogP contribution in [0, 0.1) is 6.92 Å². The molecule has 3 nitrogen and oxygen atoms in total. The summed E-state index contributed by atoms with van der Waals surface area (Å²) in [5.74, 6) is 0. The van der Waals surface area contributed by atoms with Crippen molar-refractivity contribution in [1.29, 1.82) is 0 Å². The van der Waals surface area contributed by atoms with Crippen molar-refractivity contribution in [1.82, 2.24) is 9.97 Å². The molecule has 2 heterocycles. The second kappa shape index (κ2) is 4.09. The average Bonchev–Trinajstić information content (AvgIpc) is 2.25. The summed E-state index contributed by atoms with van der Waals surface area (Å²) in [6.45, 7) is 1.81. The highest BCUT2D eigenvalue weighted by Crippen LogP contribution is 2.05. The molecule has 0 atom stereocenters. The third kappa shape index (κ3) is 2.31. The van der Waals surface area contributed by atoms with Crippen LogP contribution in [-0.4, -0.2) is 9.97 Å². The van der Waals surface area contributed by atoms with Gasteiger partial charge in [-0.15, -0.1) is 0 Å². The maximum Gasteiger partial charge on any atom is 0.250 e. The molecule has 0 radical (unpaired) electrons. The lowest BCUT2D eigenvalue weighted by molar-refractivity contribution is 1.04. The van der Waals surface area contributed by atoms with E-state index in [-0.39, 0.29) is 5.56 Å². The quantitative estimate of drug-likeness (QED) is 0.801. The fraction of sp³-hybridized carbons (Fsp3) is 0.167. The molecule has 3 heteroatoms. The van der Waals surface area contributed by atoms with Gasteiger partial charge in [-0.05, 0) is 30.7 Å². The minimum atomic E-state index is -0.0280. The Morgan fingerprint density at radius 2 is 2.27 bits per heavy atom. The first kappa shape index (κ1) is 9.65. The molecule has 0 saturated heterocycles. The van der Waals surface area contributed by atoms with Crippen molar-refractivity contribution in [3.05, 3.63) is 63.8 Å². The predicted octanol–water partition coefficient (Wildman–Crippen LogP) is 1.67. The van der Waals surface area contributed by atoms with E-state index < -0.39 is 0 Å². The summed E-state index contributed by atoms with van der Waals surface area (Å²) in [6, 6.07) is 7.72. The summed E-state index contributed by atoms with van der Waals surface area (Å²) in [7, 11) is 0. The second-order valence-electron chi connectivity index (χ2n) is 3.52. The maximum absolute atomic E-state index is 11.2. The van der Waals surface area contributed by atoms with E-state index in [9.17, 15) is 4.79 Å². The van der Waals surface area contributed by atoms with Gasteiger partial charge in [-0.1, -0.05) is 6.07 Å². The Labute approximate surface area is 87.8 Å². The molecule has 0 aromatic carbocycles. The molecule has 15 heavy (non-hydrogen) atoms. The summed E-state index contributed by atoms with van der Waals surface area (Å²) in [5, 5.41) is 0. The Hall–Kier alpha value is -1.90. The molecule has 0 spiro atoms. The molecule has 2 rings (SSSR count). The van der Waals surface area contributed by atoms with Crippen LogP contribution in [0.25, 0.3) is 0 Å². The first-order valence-electron chi connectivity index (χ1n) is 4.84. The topological polar surface area (TPSA) is 45.8 Å². The molecule has 2 aromatic rings. The lowest BCUT2D eigenvalue weighted by Crippen LogP contribution is -2.09. The van der Waals surface area contributed by atoms with Gasteiger partial charge in [0.1, 0.15) is 0 Å². The van der Waals surface area contributed by atoms with Crippen LogP contribution in [0.15, 0.2) is 41.5 Å². The van der Waals surface area contributed by atoms with E-state index in [0.717, 1.165) is 23.2 Å². The number of aromatic nitrogens is 2. The molecule has 1 N–H and O–H groups in total. The second-order valence-corrected chi connectivity index (χ2v) is 3.52. The SMILES string of the molecule is Cc1cc(Cc2ccccn2)c[nH]c1=O. The fourth-order valence-electron chi connectivity index (χ4n) is 1.47. The van der Waals surface area contributed by atoms with Gasteiger partial charge in [-0.25, -0.2) is 0 Å². The van der Waals surface area contributed by atoms with Gasteiger partial charge in [0.05, 0.1) is 0 Å². The van der Waals surface area contributed by atoms with Gasteiger partial charge in [0, 0.05) is 30.1 Å². The molecule has 0 amide bonds. The van der Waals surface area contributed by atoms with Crippen molar-refractivity contribution in [2.45, 2.75) is 13.3 Å². The van der Waals surface area contributed by atoms with Crippen molar-refractivity contribution in [2.75, 3.05) is 0 Å². The molecule has 0 aliphatic carbocycles. The first-order chi connectivity index (χ1) is 7.25. The minimum Gasteiger partial charge on any atom is -0.329 e. The Bertz CT molecular complexity index is 503. The number of pyridine rings is 2. The zero-order valence-electron chi connectivity index (χ0n) is 8.53. The van der Waals surface area contributed by atoms with Crippen molar-refractivity contribution < 1.29 is 0 Å². The van der Waals surface area contributed by atoms with Gasteiger partial charge in [0.2, 0.25) is 0 Å². The number of hydrogen-bond donors (Lipinski definition) is 1. The van der Waals surface area contributed by atoms with E-state index in [1.807, 2.05) is 24.3 Å². The van der Waals surface area contributed by atoms with Crippen LogP contribution in [0.4, 0.5) is 0 Å². The number of H-pyrrole nitrogens is 1. The third-order valence-electron chi connectivity index (χ3n) is 2.26. The van der Waals surface area contributed by atoms with Crippen LogP contribution in [0.5, 0.6) is 0 Å². The molecule has 76 valence electrons. The first-order valence-corrected chi connectivity index (χ1v) is 4.84. The van der Waals surface area contributed by atoms with Gasteiger partial charge in [-0.3, -0.25) is 9.78 Å². The van der Waals surface area contributed by atoms with Crippen LogP contribution in [0.1, 0.15) is 16.8 Å². The van der Waals surface area contributed by atoms with E-state index in [2.05, 4.69) is 9.97 Å². The zero-order valence-corrected chi connectivity index (χ0v) is 8.53. The van der Waals surface area contributed by atoms with Crippen molar-refractivity contribution >= 4 is 0 Å². The molecule has 0 fully saturated rings.